The fourth-order valence-corrected chi connectivity index (χ4v) is 2.10. The maximum Gasteiger partial charge on any atom is 0.308 e. The molecule has 1 unspecified atom stereocenters. The van der Waals surface area contributed by atoms with Gasteiger partial charge in [-0.25, -0.2) is 0 Å². The van der Waals surface area contributed by atoms with Crippen molar-refractivity contribution < 1.29 is 19.1 Å². The summed E-state index contributed by atoms with van der Waals surface area (Å²) in [5.74, 6) is -1.21. The Morgan fingerprint density at radius 1 is 1.21 bits per heavy atom. The normalized spacial score (nSPS) is 11.0. The Hall–Kier alpha value is -2.12. The van der Waals surface area contributed by atoms with Crippen molar-refractivity contribution in [3.8, 4) is 0 Å². The zero-order valence-electron chi connectivity index (χ0n) is 13.8. The first-order valence-corrected chi connectivity index (χ1v) is 7.45. The summed E-state index contributed by atoms with van der Waals surface area (Å²) in [7, 11) is 0. The molecule has 1 aromatic carbocycles. The van der Waals surface area contributed by atoms with Gasteiger partial charge in [-0.15, -0.1) is 12.4 Å². The largest absolute Gasteiger partial charge is 0.466 e. The third kappa shape index (κ3) is 7.43. The lowest BCUT2D eigenvalue weighted by atomic mass is 9.98. The molecule has 1 aromatic rings. The second kappa shape index (κ2) is 11.4. The third-order valence-electron chi connectivity index (χ3n) is 3.21. The molecule has 0 heterocycles. The summed E-state index contributed by atoms with van der Waals surface area (Å²) in [5, 5.41) is 5.14. The molecule has 0 saturated carbocycles. The first-order chi connectivity index (χ1) is 11.0. The molecule has 0 radical (unpaired) electrons. The fraction of sp³-hybridized carbons (Fsp3) is 0.438. The fourth-order valence-electron chi connectivity index (χ4n) is 2.10. The number of carbonyl (C=O) groups is 3. The first-order valence-electron chi connectivity index (χ1n) is 7.45. The van der Waals surface area contributed by atoms with Crippen LogP contribution in [0.1, 0.15) is 30.5 Å². The Balaban J connectivity index is 0.00000529. The summed E-state index contributed by atoms with van der Waals surface area (Å²) < 4.78 is 4.95. The Labute approximate surface area is 147 Å². The number of nitrogens with one attached hydrogen (secondary N) is 2. The molecule has 0 spiro atoms. The van der Waals surface area contributed by atoms with Gasteiger partial charge in [-0.1, -0.05) is 24.3 Å². The molecular formula is C16H24ClN3O4. The van der Waals surface area contributed by atoms with E-state index in [2.05, 4.69) is 10.6 Å². The van der Waals surface area contributed by atoms with Crippen molar-refractivity contribution in [2.45, 2.75) is 26.3 Å². The first kappa shape index (κ1) is 21.9. The molecule has 0 fully saturated rings. The van der Waals surface area contributed by atoms with Gasteiger partial charge in [-0.2, -0.15) is 0 Å². The van der Waals surface area contributed by atoms with Crippen LogP contribution in [0.25, 0.3) is 0 Å². The van der Waals surface area contributed by atoms with Crippen LogP contribution in [0.5, 0.6) is 0 Å². The van der Waals surface area contributed by atoms with Crippen LogP contribution in [-0.4, -0.2) is 37.5 Å². The standard InChI is InChI=1S/C16H23N3O4.ClH/c1-3-23-16(22)8-13(12-7-5-4-6-11(12)2)19-15(21)10-18-14(20)9-17;/h4-7,13H,3,8-10,17H2,1-2H3,(H,18,20)(H,19,21);1H. The number of hydrogen-bond acceptors (Lipinski definition) is 5. The van der Waals surface area contributed by atoms with Gasteiger partial charge in [-0.3, -0.25) is 14.4 Å². The Bertz CT molecular complexity index is 566. The van der Waals surface area contributed by atoms with E-state index < -0.39 is 23.8 Å². The molecule has 0 bridgehead atoms. The van der Waals surface area contributed by atoms with Crippen LogP contribution in [0.4, 0.5) is 0 Å². The molecule has 4 N–H and O–H groups in total. The topological polar surface area (TPSA) is 111 Å². The van der Waals surface area contributed by atoms with E-state index in [1.807, 2.05) is 31.2 Å². The number of nitrogens with two attached hydrogens (primary N) is 1. The van der Waals surface area contributed by atoms with Crippen LogP contribution in [-0.2, 0) is 19.1 Å². The van der Waals surface area contributed by atoms with E-state index in [9.17, 15) is 14.4 Å². The lowest BCUT2D eigenvalue weighted by molar-refractivity contribution is -0.144. The summed E-state index contributed by atoms with van der Waals surface area (Å²) in [6.45, 7) is 3.52. The minimum Gasteiger partial charge on any atom is -0.466 e. The molecule has 0 aliphatic rings. The highest BCUT2D eigenvalue weighted by atomic mass is 35.5. The van der Waals surface area contributed by atoms with Crippen LogP contribution < -0.4 is 16.4 Å². The van der Waals surface area contributed by atoms with E-state index in [-0.39, 0.29) is 38.5 Å². The van der Waals surface area contributed by atoms with E-state index in [4.69, 9.17) is 10.5 Å². The van der Waals surface area contributed by atoms with Crippen molar-refractivity contribution in [3.05, 3.63) is 35.4 Å². The highest BCUT2D eigenvalue weighted by molar-refractivity contribution is 5.86. The molecule has 0 aromatic heterocycles. The Kier molecular flexibility index (Phi) is 10.4. The van der Waals surface area contributed by atoms with Crippen molar-refractivity contribution in [1.29, 1.82) is 0 Å². The molecule has 7 nitrogen and oxygen atoms in total. The summed E-state index contributed by atoms with van der Waals surface area (Å²) in [4.78, 5) is 34.9. The molecule has 2 amide bonds. The summed E-state index contributed by atoms with van der Waals surface area (Å²) in [6.07, 6.45) is 0.0231. The Morgan fingerprint density at radius 2 is 1.88 bits per heavy atom. The third-order valence-corrected chi connectivity index (χ3v) is 3.21. The van der Waals surface area contributed by atoms with Crippen molar-refractivity contribution in [2.24, 2.45) is 5.73 Å². The molecule has 24 heavy (non-hydrogen) atoms. The van der Waals surface area contributed by atoms with Gasteiger partial charge < -0.3 is 21.1 Å². The smallest absolute Gasteiger partial charge is 0.308 e. The maximum absolute atomic E-state index is 12.0. The average Bonchev–Trinajstić information content (AvgIpc) is 2.52. The van der Waals surface area contributed by atoms with Gasteiger partial charge in [0.2, 0.25) is 11.8 Å². The van der Waals surface area contributed by atoms with Gasteiger partial charge in [0.1, 0.15) is 0 Å². The number of amides is 2. The van der Waals surface area contributed by atoms with E-state index in [0.717, 1.165) is 11.1 Å². The number of aryl methyl sites for hydroxylation is 1. The average molecular weight is 358 g/mol. The van der Waals surface area contributed by atoms with Crippen LogP contribution in [0.2, 0.25) is 0 Å². The lowest BCUT2D eigenvalue weighted by Crippen LogP contribution is -2.41. The van der Waals surface area contributed by atoms with Crippen LogP contribution in [0.15, 0.2) is 24.3 Å². The molecule has 0 saturated heterocycles. The highest BCUT2D eigenvalue weighted by Crippen LogP contribution is 2.21. The second-order valence-corrected chi connectivity index (χ2v) is 4.97. The van der Waals surface area contributed by atoms with Gasteiger partial charge in [0.15, 0.2) is 0 Å². The number of benzene rings is 1. The number of ether oxygens (including phenoxy) is 1. The van der Waals surface area contributed by atoms with Gasteiger partial charge in [0.05, 0.1) is 32.2 Å². The van der Waals surface area contributed by atoms with E-state index in [1.165, 1.54) is 0 Å². The SMILES string of the molecule is CCOC(=O)CC(NC(=O)CNC(=O)CN)c1ccccc1C.Cl. The summed E-state index contributed by atoms with van der Waals surface area (Å²) >= 11 is 0. The summed E-state index contributed by atoms with van der Waals surface area (Å²) in [6, 6.07) is 6.94. The zero-order chi connectivity index (χ0) is 17.2. The molecule has 134 valence electrons. The van der Waals surface area contributed by atoms with Crippen molar-refractivity contribution in [1.82, 2.24) is 10.6 Å². The van der Waals surface area contributed by atoms with Crippen LogP contribution in [0, 0.1) is 6.92 Å². The lowest BCUT2D eigenvalue weighted by Gasteiger charge is -2.20. The molecular weight excluding hydrogens is 334 g/mol. The van der Waals surface area contributed by atoms with Crippen molar-refractivity contribution in [2.75, 3.05) is 19.7 Å². The number of halogens is 1. The van der Waals surface area contributed by atoms with Gasteiger partial charge in [-0.05, 0) is 25.0 Å². The van der Waals surface area contributed by atoms with Crippen molar-refractivity contribution in [3.63, 3.8) is 0 Å². The minimum absolute atomic E-state index is 0. The highest BCUT2D eigenvalue weighted by Gasteiger charge is 2.20. The van der Waals surface area contributed by atoms with E-state index in [0.29, 0.717) is 0 Å². The van der Waals surface area contributed by atoms with Crippen LogP contribution in [0.3, 0.4) is 0 Å². The second-order valence-electron chi connectivity index (χ2n) is 4.97. The van der Waals surface area contributed by atoms with Gasteiger partial charge in [0.25, 0.3) is 0 Å². The minimum atomic E-state index is -0.516. The van der Waals surface area contributed by atoms with Crippen LogP contribution >= 0.6 is 12.4 Å². The zero-order valence-corrected chi connectivity index (χ0v) is 14.7. The number of rotatable bonds is 8. The number of esters is 1. The van der Waals surface area contributed by atoms with Gasteiger partial charge in [0, 0.05) is 0 Å². The van der Waals surface area contributed by atoms with E-state index >= 15 is 0 Å². The quantitative estimate of drug-likeness (QED) is 0.590. The molecule has 0 aliphatic carbocycles. The number of hydrogen-bond donors (Lipinski definition) is 3. The molecule has 1 rings (SSSR count). The molecule has 0 aliphatic heterocycles. The monoisotopic (exact) mass is 357 g/mol. The van der Waals surface area contributed by atoms with Crippen molar-refractivity contribution >= 4 is 30.2 Å². The maximum atomic E-state index is 12.0. The summed E-state index contributed by atoms with van der Waals surface area (Å²) in [5.41, 5.74) is 6.95. The van der Waals surface area contributed by atoms with E-state index in [1.54, 1.807) is 6.92 Å². The predicted molar refractivity (Wildman–Crippen MR) is 92.6 cm³/mol. The Morgan fingerprint density at radius 3 is 2.46 bits per heavy atom. The van der Waals surface area contributed by atoms with Gasteiger partial charge >= 0.3 is 5.97 Å². The predicted octanol–water partition coefficient (Wildman–Crippen LogP) is 0.602. The molecule has 1 atom stereocenters. The molecule has 8 heteroatoms. The number of carbonyl (C=O) groups excluding carboxylic acids is 3.